The molecule has 0 aromatic carbocycles. The molecule has 7 nitrogen and oxygen atoms in total. The number of pyridine rings is 1. The van der Waals surface area contributed by atoms with E-state index in [1.807, 2.05) is 10.7 Å². The Morgan fingerprint density at radius 3 is 3.04 bits per heavy atom. The van der Waals surface area contributed by atoms with Crippen LogP contribution in [0, 0.1) is 0 Å². The van der Waals surface area contributed by atoms with Crippen molar-refractivity contribution in [3.8, 4) is 11.3 Å². The Labute approximate surface area is 139 Å². The number of aromatic nitrogens is 3. The van der Waals surface area contributed by atoms with Crippen LogP contribution in [0.4, 0.5) is 0 Å². The fourth-order valence-electron chi connectivity index (χ4n) is 3.29. The maximum Gasteiger partial charge on any atom is 0.354 e. The lowest BCUT2D eigenvalue weighted by Gasteiger charge is -2.22. The van der Waals surface area contributed by atoms with Crippen molar-refractivity contribution >= 4 is 5.97 Å². The number of fused-ring (bicyclic) bond motifs is 3. The molecule has 2 aromatic heterocycles. The van der Waals surface area contributed by atoms with E-state index in [0.717, 1.165) is 36.2 Å². The van der Waals surface area contributed by atoms with Crippen molar-refractivity contribution in [3.63, 3.8) is 0 Å². The molecule has 1 aliphatic heterocycles. The molecule has 1 N–H and O–H groups in total. The molecular weight excluding hydrogens is 310 g/mol. The second-order valence-electron chi connectivity index (χ2n) is 6.14. The first-order valence-corrected chi connectivity index (χ1v) is 8.20. The molecule has 3 heterocycles. The molecule has 1 atom stereocenters. The van der Waals surface area contributed by atoms with E-state index >= 15 is 0 Å². The summed E-state index contributed by atoms with van der Waals surface area (Å²) in [7, 11) is 0. The van der Waals surface area contributed by atoms with Crippen LogP contribution in [0.5, 0.6) is 0 Å². The minimum absolute atomic E-state index is 0.0225. The van der Waals surface area contributed by atoms with E-state index in [2.05, 4.69) is 11.2 Å². The zero-order valence-electron chi connectivity index (χ0n) is 13.3. The zero-order valence-corrected chi connectivity index (χ0v) is 13.3. The first-order chi connectivity index (χ1) is 11.7. The molecule has 24 heavy (non-hydrogen) atoms. The molecule has 1 fully saturated rings. The van der Waals surface area contributed by atoms with E-state index in [9.17, 15) is 4.79 Å². The second kappa shape index (κ2) is 6.33. The van der Waals surface area contributed by atoms with Crippen molar-refractivity contribution in [2.75, 3.05) is 19.8 Å². The van der Waals surface area contributed by atoms with Gasteiger partial charge in [-0.3, -0.25) is 4.68 Å². The smallest absolute Gasteiger partial charge is 0.354 e. The van der Waals surface area contributed by atoms with E-state index < -0.39 is 5.97 Å². The normalized spacial score (nSPS) is 20.1. The number of aromatic carboxylic acids is 1. The lowest BCUT2D eigenvalue weighted by molar-refractivity contribution is -0.0946. The van der Waals surface area contributed by atoms with E-state index in [1.54, 1.807) is 6.07 Å². The van der Waals surface area contributed by atoms with Crippen LogP contribution in [0.15, 0.2) is 18.3 Å². The van der Waals surface area contributed by atoms with Crippen LogP contribution in [0.1, 0.15) is 28.2 Å². The van der Waals surface area contributed by atoms with Crippen molar-refractivity contribution in [3.05, 3.63) is 35.3 Å². The monoisotopic (exact) mass is 329 g/mol. The van der Waals surface area contributed by atoms with Gasteiger partial charge in [-0.25, -0.2) is 9.78 Å². The van der Waals surface area contributed by atoms with Gasteiger partial charge in [0.15, 0.2) is 0 Å². The van der Waals surface area contributed by atoms with Crippen molar-refractivity contribution in [1.29, 1.82) is 0 Å². The van der Waals surface area contributed by atoms with Gasteiger partial charge < -0.3 is 14.6 Å². The van der Waals surface area contributed by atoms with Crippen LogP contribution < -0.4 is 0 Å². The van der Waals surface area contributed by atoms with Crippen LogP contribution in [-0.4, -0.2) is 51.8 Å². The first kappa shape index (κ1) is 15.3. The van der Waals surface area contributed by atoms with Gasteiger partial charge in [-0.15, -0.1) is 0 Å². The quantitative estimate of drug-likeness (QED) is 0.919. The van der Waals surface area contributed by atoms with Gasteiger partial charge >= 0.3 is 5.97 Å². The third-order valence-electron chi connectivity index (χ3n) is 4.42. The van der Waals surface area contributed by atoms with Gasteiger partial charge in [-0.1, -0.05) is 0 Å². The Bertz CT molecular complexity index is 765. The average molecular weight is 329 g/mol. The summed E-state index contributed by atoms with van der Waals surface area (Å²) in [6.45, 7) is 2.51. The SMILES string of the molecule is O=C(O)c1ccc2c(n1)CCCc1cn(C[C@H]3COCCO3)nc1-2. The number of hydrogen-bond acceptors (Lipinski definition) is 5. The number of nitrogens with zero attached hydrogens (tertiary/aromatic N) is 3. The highest BCUT2D eigenvalue weighted by atomic mass is 16.6. The Kier molecular flexibility index (Phi) is 4.03. The standard InChI is InChI=1S/C17H19N3O4/c21-17(22)15-5-4-13-14(18-15)3-1-2-11-8-20(19-16(11)13)9-12-10-23-6-7-24-12/h4-5,8,12H,1-3,6-7,9-10H2,(H,21,22)/t12-/m0/s1. The van der Waals surface area contributed by atoms with E-state index in [0.29, 0.717) is 26.4 Å². The number of carboxylic acid groups (broad SMARTS) is 1. The second-order valence-corrected chi connectivity index (χ2v) is 6.14. The van der Waals surface area contributed by atoms with Crippen molar-refractivity contribution in [1.82, 2.24) is 14.8 Å². The number of carboxylic acids is 1. The number of hydrogen-bond donors (Lipinski definition) is 1. The molecular formula is C17H19N3O4. The van der Waals surface area contributed by atoms with Gasteiger partial charge in [0.2, 0.25) is 0 Å². The Morgan fingerprint density at radius 1 is 1.33 bits per heavy atom. The number of ether oxygens (including phenoxy) is 2. The van der Waals surface area contributed by atoms with Gasteiger partial charge in [0.05, 0.1) is 37.8 Å². The summed E-state index contributed by atoms with van der Waals surface area (Å²) in [6, 6.07) is 3.38. The summed E-state index contributed by atoms with van der Waals surface area (Å²) in [5.41, 5.74) is 3.92. The van der Waals surface area contributed by atoms with Crippen molar-refractivity contribution in [2.24, 2.45) is 0 Å². The van der Waals surface area contributed by atoms with Crippen LogP contribution in [0.25, 0.3) is 11.3 Å². The van der Waals surface area contributed by atoms with Gasteiger partial charge in [0.25, 0.3) is 0 Å². The zero-order chi connectivity index (χ0) is 16.5. The molecule has 1 aliphatic carbocycles. The van der Waals surface area contributed by atoms with Gasteiger partial charge in [-0.05, 0) is 37.0 Å². The first-order valence-electron chi connectivity index (χ1n) is 8.20. The number of carbonyl (C=O) groups is 1. The van der Waals surface area contributed by atoms with Crippen LogP contribution in [0.2, 0.25) is 0 Å². The highest BCUT2D eigenvalue weighted by Gasteiger charge is 2.22. The maximum absolute atomic E-state index is 11.1. The Hall–Kier alpha value is -2.25. The highest BCUT2D eigenvalue weighted by Crippen LogP contribution is 2.30. The van der Waals surface area contributed by atoms with E-state index in [4.69, 9.17) is 19.7 Å². The molecule has 2 aliphatic rings. The minimum atomic E-state index is -0.998. The molecule has 2 aromatic rings. The topological polar surface area (TPSA) is 86.5 Å². The molecule has 0 bridgehead atoms. The fourth-order valence-corrected chi connectivity index (χ4v) is 3.29. The molecule has 0 radical (unpaired) electrons. The molecule has 0 saturated carbocycles. The van der Waals surface area contributed by atoms with Gasteiger partial charge in [-0.2, -0.15) is 5.10 Å². The maximum atomic E-state index is 11.1. The number of rotatable bonds is 3. The van der Waals surface area contributed by atoms with Crippen LogP contribution >= 0.6 is 0 Å². The third kappa shape index (κ3) is 2.92. The molecule has 0 spiro atoms. The third-order valence-corrected chi connectivity index (χ3v) is 4.42. The predicted octanol–water partition coefficient (Wildman–Crippen LogP) is 1.55. The lowest BCUT2D eigenvalue weighted by Crippen LogP contribution is -2.32. The summed E-state index contributed by atoms with van der Waals surface area (Å²) in [4.78, 5) is 15.4. The molecule has 0 amide bonds. The largest absolute Gasteiger partial charge is 0.477 e. The summed E-state index contributed by atoms with van der Waals surface area (Å²) in [6.07, 6.45) is 4.70. The lowest BCUT2D eigenvalue weighted by atomic mass is 10.1. The summed E-state index contributed by atoms with van der Waals surface area (Å²) >= 11 is 0. The Morgan fingerprint density at radius 2 is 2.25 bits per heavy atom. The predicted molar refractivity (Wildman–Crippen MR) is 85.0 cm³/mol. The molecule has 4 rings (SSSR count). The fraction of sp³-hybridized carbons (Fsp3) is 0.471. The molecule has 7 heteroatoms. The van der Waals surface area contributed by atoms with Gasteiger partial charge in [0.1, 0.15) is 11.8 Å². The van der Waals surface area contributed by atoms with E-state index in [-0.39, 0.29) is 11.8 Å². The van der Waals surface area contributed by atoms with Gasteiger partial charge in [0, 0.05) is 11.8 Å². The summed E-state index contributed by atoms with van der Waals surface area (Å²) in [5.74, 6) is -0.998. The number of aryl methyl sites for hydroxylation is 2. The van der Waals surface area contributed by atoms with Crippen LogP contribution in [0.3, 0.4) is 0 Å². The van der Waals surface area contributed by atoms with E-state index in [1.165, 1.54) is 5.56 Å². The molecule has 126 valence electrons. The van der Waals surface area contributed by atoms with Crippen molar-refractivity contribution in [2.45, 2.75) is 31.9 Å². The molecule has 0 unspecified atom stereocenters. The average Bonchev–Trinajstić information content (AvgIpc) is 2.90. The Balaban J connectivity index is 1.65. The van der Waals surface area contributed by atoms with Crippen molar-refractivity contribution < 1.29 is 19.4 Å². The highest BCUT2D eigenvalue weighted by molar-refractivity contribution is 5.86. The minimum Gasteiger partial charge on any atom is -0.477 e. The molecule has 1 saturated heterocycles. The van der Waals surface area contributed by atoms with Crippen LogP contribution in [-0.2, 0) is 28.9 Å². The summed E-state index contributed by atoms with van der Waals surface area (Å²) in [5, 5.41) is 13.8. The summed E-state index contributed by atoms with van der Waals surface area (Å²) < 4.78 is 13.0.